The van der Waals surface area contributed by atoms with Crippen molar-refractivity contribution in [1.82, 2.24) is 15.1 Å². The van der Waals surface area contributed by atoms with Gasteiger partial charge in [0.1, 0.15) is 5.82 Å². The van der Waals surface area contributed by atoms with E-state index in [1.807, 2.05) is 0 Å². The zero-order chi connectivity index (χ0) is 14.8. The third kappa shape index (κ3) is 2.80. The number of likely N-dealkylation sites (tertiary alicyclic amines) is 1. The lowest BCUT2D eigenvalue weighted by atomic mass is 10.0. The van der Waals surface area contributed by atoms with Crippen LogP contribution in [0.25, 0.3) is 11.3 Å². The summed E-state index contributed by atoms with van der Waals surface area (Å²) in [4.78, 5) is 14.4. The number of hydrogen-bond donors (Lipinski definition) is 2. The molecule has 21 heavy (non-hydrogen) atoms. The van der Waals surface area contributed by atoms with Crippen LogP contribution in [0.4, 0.5) is 4.39 Å². The first kappa shape index (κ1) is 13.8. The fraction of sp³-hybridized carbons (Fsp3) is 0.333. The highest BCUT2D eigenvalue weighted by atomic mass is 19.1. The molecule has 6 heteroatoms. The number of carbonyl (C=O) groups is 1. The van der Waals surface area contributed by atoms with E-state index in [9.17, 15) is 9.18 Å². The summed E-state index contributed by atoms with van der Waals surface area (Å²) in [5, 5.41) is 6.78. The predicted molar refractivity (Wildman–Crippen MR) is 77.1 cm³/mol. The van der Waals surface area contributed by atoms with Crippen molar-refractivity contribution in [2.45, 2.75) is 18.9 Å². The van der Waals surface area contributed by atoms with Gasteiger partial charge >= 0.3 is 0 Å². The highest BCUT2D eigenvalue weighted by Gasteiger charge is 2.25. The molecular weight excluding hydrogens is 271 g/mol. The molecule has 1 amide bonds. The van der Waals surface area contributed by atoms with Gasteiger partial charge in [0.2, 0.25) is 0 Å². The zero-order valence-corrected chi connectivity index (χ0v) is 11.6. The van der Waals surface area contributed by atoms with Crippen LogP contribution in [0.5, 0.6) is 0 Å². The average Bonchev–Trinajstić information content (AvgIpc) is 2.96. The second kappa shape index (κ2) is 5.65. The number of rotatable bonds is 2. The molecule has 0 spiro atoms. The molecule has 110 valence electrons. The van der Waals surface area contributed by atoms with E-state index < -0.39 is 0 Å². The lowest BCUT2D eigenvalue weighted by molar-refractivity contribution is 0.0709. The number of halogens is 1. The van der Waals surface area contributed by atoms with Crippen LogP contribution in [-0.4, -0.2) is 40.1 Å². The lowest BCUT2D eigenvalue weighted by Crippen LogP contribution is -2.45. The Hall–Kier alpha value is -2.21. The fourth-order valence-electron chi connectivity index (χ4n) is 2.65. The average molecular weight is 288 g/mol. The van der Waals surface area contributed by atoms with E-state index in [-0.39, 0.29) is 17.8 Å². The standard InChI is InChI=1S/C15H17FN4O/c16-11-5-3-10(4-6-11)14-13(8-18-19-14)15(21)20-7-1-2-12(17)9-20/h3-6,8,12H,1-2,7,9,17H2,(H,18,19). The van der Waals surface area contributed by atoms with Gasteiger partial charge in [0, 0.05) is 24.7 Å². The van der Waals surface area contributed by atoms with Crippen LogP contribution in [0.2, 0.25) is 0 Å². The maximum atomic E-state index is 13.0. The number of nitrogens with zero attached hydrogens (tertiary/aromatic N) is 2. The van der Waals surface area contributed by atoms with Crippen LogP contribution in [0.3, 0.4) is 0 Å². The Morgan fingerprint density at radius 3 is 2.86 bits per heavy atom. The molecule has 2 aromatic rings. The second-order valence-electron chi connectivity index (χ2n) is 5.32. The minimum atomic E-state index is -0.312. The molecule has 1 aromatic heterocycles. The Labute approximate surface area is 121 Å². The van der Waals surface area contributed by atoms with Crippen LogP contribution < -0.4 is 5.73 Å². The summed E-state index contributed by atoms with van der Waals surface area (Å²) in [5.74, 6) is -0.397. The van der Waals surface area contributed by atoms with E-state index >= 15 is 0 Å². The first-order valence-corrected chi connectivity index (χ1v) is 6.99. The summed E-state index contributed by atoms with van der Waals surface area (Å²) in [7, 11) is 0. The highest BCUT2D eigenvalue weighted by molar-refractivity contribution is 5.99. The molecule has 0 saturated carbocycles. The number of nitrogens with two attached hydrogens (primary N) is 1. The van der Waals surface area contributed by atoms with Gasteiger partial charge in [0.05, 0.1) is 17.5 Å². The molecule has 3 N–H and O–H groups in total. The largest absolute Gasteiger partial charge is 0.337 e. The topological polar surface area (TPSA) is 75.0 Å². The number of carbonyl (C=O) groups excluding carboxylic acids is 1. The van der Waals surface area contributed by atoms with E-state index in [4.69, 9.17) is 5.73 Å². The third-order valence-corrected chi connectivity index (χ3v) is 3.75. The molecule has 1 unspecified atom stereocenters. The predicted octanol–water partition coefficient (Wildman–Crippen LogP) is 1.78. The van der Waals surface area contributed by atoms with E-state index in [2.05, 4.69) is 10.2 Å². The minimum absolute atomic E-state index is 0.0314. The fourth-order valence-corrected chi connectivity index (χ4v) is 2.65. The number of aromatic nitrogens is 2. The first-order valence-electron chi connectivity index (χ1n) is 6.99. The summed E-state index contributed by atoms with van der Waals surface area (Å²) >= 11 is 0. The number of amides is 1. The van der Waals surface area contributed by atoms with Gasteiger partial charge in [-0.2, -0.15) is 5.10 Å². The highest BCUT2D eigenvalue weighted by Crippen LogP contribution is 2.23. The molecule has 0 aliphatic carbocycles. The van der Waals surface area contributed by atoms with E-state index in [1.165, 1.54) is 18.3 Å². The SMILES string of the molecule is NC1CCCN(C(=O)c2cn[nH]c2-c2ccc(F)cc2)C1. The second-order valence-corrected chi connectivity index (χ2v) is 5.32. The van der Waals surface area contributed by atoms with Gasteiger partial charge in [0.25, 0.3) is 5.91 Å². The molecule has 1 saturated heterocycles. The monoisotopic (exact) mass is 288 g/mol. The Kier molecular flexibility index (Phi) is 3.70. The molecule has 2 heterocycles. The van der Waals surface area contributed by atoms with Crippen LogP contribution in [0.15, 0.2) is 30.5 Å². The van der Waals surface area contributed by atoms with Crippen molar-refractivity contribution in [3.05, 3.63) is 41.8 Å². The Morgan fingerprint density at radius 1 is 1.38 bits per heavy atom. The van der Waals surface area contributed by atoms with Crippen molar-refractivity contribution in [1.29, 1.82) is 0 Å². The van der Waals surface area contributed by atoms with Gasteiger partial charge in [-0.1, -0.05) is 0 Å². The van der Waals surface area contributed by atoms with E-state index in [1.54, 1.807) is 17.0 Å². The molecule has 1 fully saturated rings. The number of aromatic amines is 1. The van der Waals surface area contributed by atoms with Crippen LogP contribution in [-0.2, 0) is 0 Å². The van der Waals surface area contributed by atoms with Gasteiger partial charge in [-0.15, -0.1) is 0 Å². The molecule has 1 aliphatic rings. The molecule has 0 bridgehead atoms. The van der Waals surface area contributed by atoms with Crippen molar-refractivity contribution in [2.24, 2.45) is 5.73 Å². The van der Waals surface area contributed by atoms with Crippen LogP contribution in [0.1, 0.15) is 23.2 Å². The summed E-state index contributed by atoms with van der Waals surface area (Å²) in [6.07, 6.45) is 3.37. The van der Waals surface area contributed by atoms with Gasteiger partial charge in [-0.05, 0) is 37.1 Å². The molecule has 1 atom stereocenters. The maximum absolute atomic E-state index is 13.0. The zero-order valence-electron chi connectivity index (χ0n) is 11.6. The Balaban J connectivity index is 1.88. The number of nitrogens with one attached hydrogen (secondary N) is 1. The van der Waals surface area contributed by atoms with Gasteiger partial charge < -0.3 is 10.6 Å². The smallest absolute Gasteiger partial charge is 0.257 e. The quantitative estimate of drug-likeness (QED) is 0.884. The van der Waals surface area contributed by atoms with E-state index in [0.29, 0.717) is 24.3 Å². The Morgan fingerprint density at radius 2 is 2.14 bits per heavy atom. The van der Waals surface area contributed by atoms with Crippen LogP contribution >= 0.6 is 0 Å². The van der Waals surface area contributed by atoms with Crippen molar-refractivity contribution in [3.8, 4) is 11.3 Å². The van der Waals surface area contributed by atoms with Crippen molar-refractivity contribution < 1.29 is 9.18 Å². The Bertz CT molecular complexity index is 637. The molecule has 5 nitrogen and oxygen atoms in total. The van der Waals surface area contributed by atoms with Crippen LogP contribution in [0, 0.1) is 5.82 Å². The lowest BCUT2D eigenvalue weighted by Gasteiger charge is -2.30. The summed E-state index contributed by atoms with van der Waals surface area (Å²) in [5.41, 5.74) is 7.76. The van der Waals surface area contributed by atoms with Crippen molar-refractivity contribution >= 4 is 5.91 Å². The van der Waals surface area contributed by atoms with Crippen molar-refractivity contribution in [3.63, 3.8) is 0 Å². The molecular formula is C15H17FN4O. The molecule has 0 radical (unpaired) electrons. The number of H-pyrrole nitrogens is 1. The number of hydrogen-bond acceptors (Lipinski definition) is 3. The maximum Gasteiger partial charge on any atom is 0.257 e. The summed E-state index contributed by atoms with van der Waals surface area (Å²) in [6, 6.07) is 6.01. The first-order chi connectivity index (χ1) is 10.1. The minimum Gasteiger partial charge on any atom is -0.337 e. The van der Waals surface area contributed by atoms with Gasteiger partial charge in [-0.25, -0.2) is 4.39 Å². The number of piperidine rings is 1. The summed E-state index contributed by atoms with van der Waals surface area (Å²) < 4.78 is 13.0. The summed E-state index contributed by atoms with van der Waals surface area (Å²) in [6.45, 7) is 1.27. The van der Waals surface area contributed by atoms with Gasteiger partial charge in [-0.3, -0.25) is 9.89 Å². The van der Waals surface area contributed by atoms with Crippen molar-refractivity contribution in [2.75, 3.05) is 13.1 Å². The van der Waals surface area contributed by atoms with Gasteiger partial charge in [0.15, 0.2) is 0 Å². The normalized spacial score (nSPS) is 18.8. The molecule has 3 rings (SSSR count). The molecule has 1 aromatic carbocycles. The third-order valence-electron chi connectivity index (χ3n) is 3.75. The molecule has 1 aliphatic heterocycles. The number of benzene rings is 1. The van der Waals surface area contributed by atoms with E-state index in [0.717, 1.165) is 18.4 Å².